The molecule has 21 heavy (non-hydrogen) atoms. The molecule has 0 aliphatic heterocycles. The second-order valence-corrected chi connectivity index (χ2v) is 4.91. The molecule has 0 saturated carbocycles. The smallest absolute Gasteiger partial charge is 0.181 e. The van der Waals surface area contributed by atoms with Gasteiger partial charge in [0.05, 0.1) is 11.6 Å². The van der Waals surface area contributed by atoms with Crippen LogP contribution in [-0.4, -0.2) is 20.2 Å². The molecule has 0 bridgehead atoms. The summed E-state index contributed by atoms with van der Waals surface area (Å²) in [6.45, 7) is 0.292. The maximum atomic E-state index is 9.03. The molecule has 0 radical (unpaired) electrons. The Morgan fingerprint density at radius 1 is 1.19 bits per heavy atom. The third kappa shape index (κ3) is 2.62. The van der Waals surface area contributed by atoms with Crippen LogP contribution in [0.15, 0.2) is 35.0 Å². The largest absolute Gasteiger partial charge is 0.458 e. The summed E-state index contributed by atoms with van der Waals surface area (Å²) in [6.07, 6.45) is 1.11. The van der Waals surface area contributed by atoms with Crippen LogP contribution in [0.3, 0.4) is 0 Å². The molecular weight excluding hydrogens is 294 g/mol. The van der Waals surface area contributed by atoms with E-state index in [0.717, 1.165) is 5.39 Å². The van der Waals surface area contributed by atoms with Crippen molar-refractivity contribution in [3.05, 3.63) is 46.9 Å². The van der Waals surface area contributed by atoms with E-state index < -0.39 is 6.29 Å². The van der Waals surface area contributed by atoms with Crippen molar-refractivity contribution in [1.82, 2.24) is 9.97 Å². The summed E-state index contributed by atoms with van der Waals surface area (Å²) < 4.78 is 5.53. The third-order valence-corrected chi connectivity index (χ3v) is 3.33. The Labute approximate surface area is 124 Å². The van der Waals surface area contributed by atoms with Crippen molar-refractivity contribution in [2.45, 2.75) is 12.8 Å². The molecule has 1 aromatic carbocycles. The van der Waals surface area contributed by atoms with Gasteiger partial charge < -0.3 is 20.4 Å². The highest BCUT2D eigenvalue weighted by Crippen LogP contribution is 2.31. The molecule has 0 aliphatic rings. The number of hydrogen-bond acceptors (Lipinski definition) is 6. The van der Waals surface area contributed by atoms with Crippen LogP contribution in [0.2, 0.25) is 5.02 Å². The predicted octanol–water partition coefficient (Wildman–Crippen LogP) is 1.99. The minimum Gasteiger partial charge on any atom is -0.458 e. The van der Waals surface area contributed by atoms with Crippen LogP contribution >= 0.6 is 11.6 Å². The fourth-order valence-electron chi connectivity index (χ4n) is 2.01. The molecule has 0 saturated heterocycles. The van der Waals surface area contributed by atoms with Gasteiger partial charge in [-0.15, -0.1) is 0 Å². The van der Waals surface area contributed by atoms with Gasteiger partial charge in [-0.25, -0.2) is 9.97 Å². The molecular formula is C14H12ClN3O3. The molecule has 2 aromatic heterocycles. The zero-order chi connectivity index (χ0) is 15.0. The van der Waals surface area contributed by atoms with E-state index in [4.69, 9.17) is 32.0 Å². The average molecular weight is 306 g/mol. The SMILES string of the molecule is NCc1cc2cc(-c3ncc(C(O)O)cn3)cc(Cl)c2o1. The first-order valence-electron chi connectivity index (χ1n) is 6.19. The van der Waals surface area contributed by atoms with Crippen molar-refractivity contribution in [2.75, 3.05) is 0 Å². The number of benzene rings is 1. The molecule has 3 aromatic rings. The van der Waals surface area contributed by atoms with Crippen LogP contribution in [0, 0.1) is 0 Å². The van der Waals surface area contributed by atoms with E-state index in [1.807, 2.05) is 12.1 Å². The maximum absolute atomic E-state index is 9.03. The van der Waals surface area contributed by atoms with Crippen molar-refractivity contribution in [2.24, 2.45) is 5.73 Å². The number of aromatic nitrogens is 2. The molecule has 0 spiro atoms. The molecule has 6 nitrogen and oxygen atoms in total. The number of furan rings is 1. The van der Waals surface area contributed by atoms with Crippen LogP contribution in [-0.2, 0) is 6.54 Å². The van der Waals surface area contributed by atoms with Crippen LogP contribution in [0.5, 0.6) is 0 Å². The summed E-state index contributed by atoms with van der Waals surface area (Å²) in [5, 5.41) is 19.3. The van der Waals surface area contributed by atoms with Gasteiger partial charge >= 0.3 is 0 Å². The molecule has 2 heterocycles. The lowest BCUT2D eigenvalue weighted by Crippen LogP contribution is -1.98. The second kappa shape index (κ2) is 5.42. The van der Waals surface area contributed by atoms with E-state index in [1.165, 1.54) is 12.4 Å². The maximum Gasteiger partial charge on any atom is 0.181 e. The molecule has 7 heteroatoms. The number of aliphatic hydroxyl groups is 2. The number of nitrogens with two attached hydrogens (primary N) is 1. The average Bonchev–Trinajstić information content (AvgIpc) is 2.91. The van der Waals surface area contributed by atoms with Crippen LogP contribution in [0.4, 0.5) is 0 Å². The molecule has 4 N–H and O–H groups in total. The highest BCUT2D eigenvalue weighted by molar-refractivity contribution is 6.35. The topological polar surface area (TPSA) is 105 Å². The fourth-order valence-corrected chi connectivity index (χ4v) is 2.28. The quantitative estimate of drug-likeness (QED) is 0.639. The monoisotopic (exact) mass is 305 g/mol. The van der Waals surface area contributed by atoms with E-state index >= 15 is 0 Å². The first-order valence-corrected chi connectivity index (χ1v) is 6.57. The first kappa shape index (κ1) is 14.0. The van der Waals surface area contributed by atoms with Crippen LogP contribution in [0.25, 0.3) is 22.4 Å². The Hall–Kier alpha value is -1.99. The van der Waals surface area contributed by atoms with Crippen LogP contribution < -0.4 is 5.73 Å². The summed E-state index contributed by atoms with van der Waals surface area (Å²) in [5.74, 6) is 1.07. The number of aliphatic hydroxyl groups excluding tert-OH is 1. The Morgan fingerprint density at radius 2 is 1.90 bits per heavy atom. The number of nitrogens with zero attached hydrogens (tertiary/aromatic N) is 2. The zero-order valence-corrected chi connectivity index (χ0v) is 11.6. The van der Waals surface area contributed by atoms with E-state index in [2.05, 4.69) is 9.97 Å². The molecule has 3 rings (SSSR count). The van der Waals surface area contributed by atoms with Crippen molar-refractivity contribution in [1.29, 1.82) is 0 Å². The summed E-state index contributed by atoms with van der Waals surface area (Å²) in [4.78, 5) is 8.20. The molecule has 0 unspecified atom stereocenters. The summed E-state index contributed by atoms with van der Waals surface area (Å²) in [6, 6.07) is 5.35. The predicted molar refractivity (Wildman–Crippen MR) is 77.3 cm³/mol. The minimum atomic E-state index is -1.59. The number of hydrogen-bond donors (Lipinski definition) is 3. The van der Waals surface area contributed by atoms with Gasteiger partial charge in [0.2, 0.25) is 0 Å². The number of halogens is 1. The Morgan fingerprint density at radius 3 is 2.52 bits per heavy atom. The van der Waals surface area contributed by atoms with Gasteiger partial charge in [0.25, 0.3) is 0 Å². The van der Waals surface area contributed by atoms with Crippen molar-refractivity contribution >= 4 is 22.6 Å². The summed E-state index contributed by atoms with van der Waals surface area (Å²) in [5.41, 5.74) is 7.05. The Bertz CT molecular complexity index is 784. The third-order valence-electron chi connectivity index (χ3n) is 3.05. The minimum absolute atomic E-state index is 0.222. The normalized spacial score (nSPS) is 11.5. The number of rotatable bonds is 3. The van der Waals surface area contributed by atoms with Crippen LogP contribution in [0.1, 0.15) is 17.6 Å². The molecule has 108 valence electrons. The highest BCUT2D eigenvalue weighted by Gasteiger charge is 2.12. The standard InChI is InChI=1S/C14H12ClN3O3/c15-11-3-8(1-7-2-10(4-16)21-12(7)11)13-17-5-9(6-18-13)14(19)20/h1-3,5-6,14,19-20H,4,16H2. The van der Waals surface area contributed by atoms with Crippen molar-refractivity contribution < 1.29 is 14.6 Å². The van der Waals surface area contributed by atoms with E-state index in [-0.39, 0.29) is 5.56 Å². The van der Waals surface area contributed by atoms with Gasteiger partial charge in [-0.3, -0.25) is 0 Å². The molecule has 0 fully saturated rings. The Kier molecular flexibility index (Phi) is 3.60. The van der Waals surface area contributed by atoms with E-state index in [0.29, 0.717) is 34.3 Å². The van der Waals surface area contributed by atoms with E-state index in [9.17, 15) is 0 Å². The van der Waals surface area contributed by atoms with Gasteiger partial charge in [0, 0.05) is 28.9 Å². The Balaban J connectivity index is 2.07. The first-order chi connectivity index (χ1) is 10.1. The van der Waals surface area contributed by atoms with Gasteiger partial charge in [-0.1, -0.05) is 11.6 Å². The lowest BCUT2D eigenvalue weighted by molar-refractivity contribution is -0.0429. The second-order valence-electron chi connectivity index (χ2n) is 4.51. The van der Waals surface area contributed by atoms with Crippen molar-refractivity contribution in [3.63, 3.8) is 0 Å². The molecule has 0 amide bonds. The zero-order valence-electron chi connectivity index (χ0n) is 10.8. The van der Waals surface area contributed by atoms with Gasteiger partial charge in [0.15, 0.2) is 17.7 Å². The highest BCUT2D eigenvalue weighted by atomic mass is 35.5. The number of fused-ring (bicyclic) bond motifs is 1. The molecule has 0 atom stereocenters. The van der Waals surface area contributed by atoms with Crippen molar-refractivity contribution in [3.8, 4) is 11.4 Å². The van der Waals surface area contributed by atoms with Gasteiger partial charge in [-0.2, -0.15) is 0 Å². The van der Waals surface area contributed by atoms with Gasteiger partial charge in [0.1, 0.15) is 5.76 Å². The lowest BCUT2D eigenvalue weighted by Gasteiger charge is -2.05. The summed E-state index contributed by atoms with van der Waals surface area (Å²) >= 11 is 6.19. The fraction of sp³-hybridized carbons (Fsp3) is 0.143. The van der Waals surface area contributed by atoms with E-state index in [1.54, 1.807) is 6.07 Å². The molecule has 0 aliphatic carbocycles. The lowest BCUT2D eigenvalue weighted by atomic mass is 10.1. The summed E-state index contributed by atoms with van der Waals surface area (Å²) in [7, 11) is 0. The van der Waals surface area contributed by atoms with Gasteiger partial charge in [-0.05, 0) is 18.2 Å².